The Morgan fingerprint density at radius 1 is 0.765 bits per heavy atom. The van der Waals surface area contributed by atoms with Crippen molar-refractivity contribution in [2.45, 2.75) is 51.6 Å². The summed E-state index contributed by atoms with van der Waals surface area (Å²) in [5.74, 6) is 1.34. The third-order valence-corrected chi connectivity index (χ3v) is 5.65. The summed E-state index contributed by atoms with van der Waals surface area (Å²) in [6.45, 7) is 10.1. The van der Waals surface area contributed by atoms with Crippen molar-refractivity contribution < 1.29 is 13.2 Å². The molecule has 0 N–H and O–H groups in total. The van der Waals surface area contributed by atoms with Gasteiger partial charge in [-0.05, 0) is 50.2 Å². The summed E-state index contributed by atoms with van der Waals surface area (Å²) in [5.41, 5.74) is 0.836. The molecule has 0 saturated heterocycles. The van der Waals surface area contributed by atoms with E-state index < -0.39 is 17.2 Å². The average molecular weight is 466 g/mol. The normalized spacial score (nSPS) is 12.7. The van der Waals surface area contributed by atoms with E-state index in [1.165, 1.54) is 6.07 Å². The van der Waals surface area contributed by atoms with Gasteiger partial charge in [-0.25, -0.2) is 14.6 Å². The fourth-order valence-electron chi connectivity index (χ4n) is 3.55. The first-order valence-electron chi connectivity index (χ1n) is 10.9. The highest BCUT2D eigenvalue weighted by Gasteiger charge is 2.31. The number of benzene rings is 1. The van der Waals surface area contributed by atoms with Gasteiger partial charge in [-0.1, -0.05) is 45.0 Å². The van der Waals surface area contributed by atoms with Crippen LogP contribution in [-0.2, 0) is 17.0 Å². The lowest BCUT2D eigenvalue weighted by molar-refractivity contribution is -0.137. The van der Waals surface area contributed by atoms with E-state index in [9.17, 15) is 13.2 Å². The molecule has 0 aliphatic carbocycles. The van der Waals surface area contributed by atoms with Gasteiger partial charge in [-0.15, -0.1) is 5.10 Å². The lowest BCUT2D eigenvalue weighted by Crippen LogP contribution is -2.23. The molecule has 0 aliphatic heterocycles. The van der Waals surface area contributed by atoms with Crippen LogP contribution < -0.4 is 0 Å². The summed E-state index contributed by atoms with van der Waals surface area (Å²) < 4.78 is 41.2. The number of hydrogen-bond donors (Lipinski definition) is 0. The number of halogens is 3. The predicted molar refractivity (Wildman–Crippen MR) is 125 cm³/mol. The number of aromatic nitrogens is 5. The van der Waals surface area contributed by atoms with Gasteiger partial charge in [-0.3, -0.25) is 4.98 Å². The van der Waals surface area contributed by atoms with Crippen molar-refractivity contribution in [1.82, 2.24) is 24.7 Å². The Balaban J connectivity index is 1.70. The number of alkyl halides is 3. The fraction of sp³-hybridized carbons (Fsp3) is 0.308. The van der Waals surface area contributed by atoms with Gasteiger partial charge < -0.3 is 0 Å². The van der Waals surface area contributed by atoms with Gasteiger partial charge in [0.2, 0.25) is 0 Å². The van der Waals surface area contributed by atoms with Crippen molar-refractivity contribution in [3.63, 3.8) is 0 Å². The molecule has 0 saturated carbocycles. The molecule has 0 fully saturated rings. The van der Waals surface area contributed by atoms with Gasteiger partial charge in [0.1, 0.15) is 6.33 Å². The molecule has 3 heterocycles. The first-order chi connectivity index (χ1) is 15.9. The van der Waals surface area contributed by atoms with Gasteiger partial charge in [0, 0.05) is 16.4 Å². The first kappa shape index (κ1) is 23.6. The minimum atomic E-state index is -4.41. The quantitative estimate of drug-likeness (QED) is 0.352. The van der Waals surface area contributed by atoms with Crippen molar-refractivity contribution in [3.05, 3.63) is 89.8 Å². The van der Waals surface area contributed by atoms with Gasteiger partial charge in [0.25, 0.3) is 0 Å². The Hall–Kier alpha value is -3.55. The molecular formula is C26H26F3N5. The molecule has 0 amide bonds. The Labute approximate surface area is 196 Å². The topological polar surface area (TPSA) is 56.5 Å². The summed E-state index contributed by atoms with van der Waals surface area (Å²) >= 11 is 0. The molecular weight excluding hydrogens is 439 g/mol. The highest BCUT2D eigenvalue weighted by molar-refractivity contribution is 5.61. The highest BCUT2D eigenvalue weighted by Crippen LogP contribution is 2.34. The zero-order valence-corrected chi connectivity index (χ0v) is 19.7. The average Bonchev–Trinajstić information content (AvgIpc) is 3.30. The van der Waals surface area contributed by atoms with Crippen LogP contribution in [0.1, 0.15) is 57.4 Å². The third kappa shape index (κ3) is 4.71. The molecule has 8 heteroatoms. The largest absolute Gasteiger partial charge is 0.416 e. The maximum atomic E-state index is 13.2. The van der Waals surface area contributed by atoms with Crippen molar-refractivity contribution in [1.29, 1.82) is 0 Å². The van der Waals surface area contributed by atoms with Crippen LogP contribution in [-0.4, -0.2) is 24.7 Å². The molecule has 0 unspecified atom stereocenters. The Morgan fingerprint density at radius 2 is 1.41 bits per heavy atom. The van der Waals surface area contributed by atoms with E-state index in [0.29, 0.717) is 22.8 Å². The molecule has 0 bridgehead atoms. The number of rotatable bonds is 4. The summed E-state index contributed by atoms with van der Waals surface area (Å²) in [5, 5.41) is 4.57. The van der Waals surface area contributed by atoms with Crippen molar-refractivity contribution in [3.8, 4) is 17.1 Å². The standard InChI is InChI=1S/C26H26F3N5/c1-24(2,3)23-30-16-34(33-23)22-14-8-13-21(32-22)25(4,5)20-12-7-11-19(31-20)17-9-6-10-18(15-17)26(27,28)29/h6-16H,1-5H3. The molecule has 4 aromatic rings. The smallest absolute Gasteiger partial charge is 0.252 e. The molecule has 176 valence electrons. The van der Waals surface area contributed by atoms with E-state index >= 15 is 0 Å². The molecule has 0 aliphatic rings. The summed E-state index contributed by atoms with van der Waals surface area (Å²) in [7, 11) is 0. The Bertz CT molecular complexity index is 1320. The fourth-order valence-corrected chi connectivity index (χ4v) is 3.55. The van der Waals surface area contributed by atoms with E-state index in [0.717, 1.165) is 23.7 Å². The molecule has 0 atom stereocenters. The summed E-state index contributed by atoms with van der Waals surface area (Å²) in [4.78, 5) is 13.9. The second-order valence-electron chi connectivity index (χ2n) is 9.76. The van der Waals surface area contributed by atoms with Gasteiger partial charge in [0.15, 0.2) is 11.6 Å². The number of hydrogen-bond acceptors (Lipinski definition) is 4. The summed E-state index contributed by atoms with van der Waals surface area (Å²) in [6, 6.07) is 16.2. The first-order valence-corrected chi connectivity index (χ1v) is 10.9. The molecule has 0 spiro atoms. The van der Waals surface area contributed by atoms with Crippen LogP contribution in [0.15, 0.2) is 67.0 Å². The minimum Gasteiger partial charge on any atom is -0.252 e. The maximum Gasteiger partial charge on any atom is 0.416 e. The molecule has 3 aromatic heterocycles. The molecule has 34 heavy (non-hydrogen) atoms. The van der Waals surface area contributed by atoms with Gasteiger partial charge in [0.05, 0.1) is 22.6 Å². The maximum absolute atomic E-state index is 13.2. The molecule has 1 aromatic carbocycles. The van der Waals surface area contributed by atoms with Gasteiger partial charge >= 0.3 is 6.18 Å². The van der Waals surface area contributed by atoms with Crippen LogP contribution in [0, 0.1) is 0 Å². The second-order valence-corrected chi connectivity index (χ2v) is 9.76. The lowest BCUT2D eigenvalue weighted by atomic mass is 9.84. The lowest BCUT2D eigenvalue weighted by Gasteiger charge is -2.24. The molecule has 5 nitrogen and oxygen atoms in total. The van der Waals surface area contributed by atoms with Crippen molar-refractivity contribution in [2.75, 3.05) is 0 Å². The predicted octanol–water partition coefficient (Wildman–Crippen LogP) is 6.37. The van der Waals surface area contributed by atoms with Crippen molar-refractivity contribution in [2.24, 2.45) is 0 Å². The highest BCUT2D eigenvalue weighted by atomic mass is 19.4. The Morgan fingerprint density at radius 3 is 2.06 bits per heavy atom. The van der Waals surface area contributed by atoms with E-state index in [2.05, 4.69) is 10.1 Å². The van der Waals surface area contributed by atoms with E-state index in [-0.39, 0.29) is 5.41 Å². The minimum absolute atomic E-state index is 0.185. The molecule has 0 radical (unpaired) electrons. The van der Waals surface area contributed by atoms with Crippen LogP contribution >= 0.6 is 0 Å². The van der Waals surface area contributed by atoms with Crippen LogP contribution in [0.4, 0.5) is 13.2 Å². The Kier molecular flexibility index (Phi) is 5.79. The second kappa shape index (κ2) is 8.34. The SMILES string of the molecule is CC(C)(C)c1ncn(-c2cccc(C(C)(C)c3cccc(-c4cccc(C(F)(F)F)c4)n3)n2)n1. The van der Waals surface area contributed by atoms with Crippen LogP contribution in [0.25, 0.3) is 17.1 Å². The van der Waals surface area contributed by atoms with Crippen LogP contribution in [0.2, 0.25) is 0 Å². The zero-order chi connectivity index (χ0) is 24.7. The van der Waals surface area contributed by atoms with Gasteiger partial charge in [-0.2, -0.15) is 13.2 Å². The summed E-state index contributed by atoms with van der Waals surface area (Å²) in [6.07, 6.45) is -2.77. The van der Waals surface area contributed by atoms with E-state index in [4.69, 9.17) is 9.97 Å². The van der Waals surface area contributed by atoms with Crippen molar-refractivity contribution >= 4 is 0 Å². The molecule has 4 rings (SSSR count). The monoisotopic (exact) mass is 465 g/mol. The third-order valence-electron chi connectivity index (χ3n) is 5.65. The van der Waals surface area contributed by atoms with E-state index in [1.54, 1.807) is 29.2 Å². The van der Waals surface area contributed by atoms with Crippen LogP contribution in [0.5, 0.6) is 0 Å². The van der Waals surface area contributed by atoms with Crippen LogP contribution in [0.3, 0.4) is 0 Å². The number of pyridine rings is 2. The number of nitrogens with zero attached hydrogens (tertiary/aromatic N) is 5. The zero-order valence-electron chi connectivity index (χ0n) is 19.7. The van der Waals surface area contributed by atoms with E-state index in [1.807, 2.05) is 58.9 Å².